The smallest absolute Gasteiger partial charge is 0.266 e. The predicted octanol–water partition coefficient (Wildman–Crippen LogP) is 5.06. The fourth-order valence-electron chi connectivity index (χ4n) is 10.1. The molecular weight excluding hydrogens is 462 g/mol. The quantitative estimate of drug-likeness (QED) is 0.414. The molecule has 0 radical (unpaired) electrons. The van der Waals surface area contributed by atoms with Crippen molar-refractivity contribution < 1.29 is 22.9 Å². The van der Waals surface area contributed by atoms with E-state index in [4.69, 9.17) is 4.55 Å². The number of hydrogen-bond donors (Lipinski definition) is 3. The Morgan fingerprint density at radius 1 is 1.06 bits per heavy atom. The highest BCUT2D eigenvalue weighted by molar-refractivity contribution is 7.85. The van der Waals surface area contributed by atoms with Gasteiger partial charge in [-0.15, -0.1) is 0 Å². The average molecular weight is 512 g/mol. The van der Waals surface area contributed by atoms with Crippen LogP contribution in [0.4, 0.5) is 0 Å². The van der Waals surface area contributed by atoms with Crippen LogP contribution in [0.5, 0.6) is 0 Å². The second-order valence-electron chi connectivity index (χ2n) is 13.7. The van der Waals surface area contributed by atoms with Gasteiger partial charge in [-0.25, -0.2) is 0 Å². The van der Waals surface area contributed by atoms with Gasteiger partial charge in [-0.1, -0.05) is 34.6 Å². The van der Waals surface area contributed by atoms with Gasteiger partial charge in [-0.3, -0.25) is 9.35 Å². The molecule has 4 rings (SSSR count). The summed E-state index contributed by atoms with van der Waals surface area (Å²) in [6.07, 6.45) is 10.5. The molecule has 7 heteroatoms. The van der Waals surface area contributed by atoms with E-state index in [1.54, 1.807) is 0 Å². The summed E-state index contributed by atoms with van der Waals surface area (Å²) in [7, 11) is -4.05. The van der Waals surface area contributed by atoms with Crippen LogP contribution in [-0.4, -0.2) is 42.4 Å². The van der Waals surface area contributed by atoms with Crippen molar-refractivity contribution in [3.05, 3.63) is 0 Å². The lowest BCUT2D eigenvalue weighted by atomic mass is 9.38. The van der Waals surface area contributed by atoms with Crippen LogP contribution in [0.25, 0.3) is 0 Å². The Balaban J connectivity index is 1.41. The van der Waals surface area contributed by atoms with E-state index in [-0.39, 0.29) is 24.0 Å². The van der Waals surface area contributed by atoms with E-state index in [1.165, 1.54) is 32.1 Å². The number of carbonyl (C=O) groups is 1. The van der Waals surface area contributed by atoms with Crippen LogP contribution in [0.2, 0.25) is 0 Å². The van der Waals surface area contributed by atoms with Gasteiger partial charge in [0.1, 0.15) is 0 Å². The first-order chi connectivity index (χ1) is 16.2. The number of amides is 1. The summed E-state index contributed by atoms with van der Waals surface area (Å²) in [4.78, 5) is 12.3. The normalized spacial score (nSPS) is 46.3. The van der Waals surface area contributed by atoms with Crippen LogP contribution in [-0.2, 0) is 14.9 Å². The van der Waals surface area contributed by atoms with Gasteiger partial charge in [0, 0.05) is 13.0 Å². The number of carbonyl (C=O) groups excluding carboxylic acids is 1. The van der Waals surface area contributed by atoms with Crippen molar-refractivity contribution in [1.82, 2.24) is 5.32 Å². The molecule has 1 amide bonds. The molecule has 4 fully saturated rings. The minimum absolute atomic E-state index is 0.0368. The number of nitrogens with one attached hydrogen (secondary N) is 1. The topological polar surface area (TPSA) is 104 Å². The number of aliphatic hydroxyl groups is 1. The molecule has 4 saturated carbocycles. The summed E-state index contributed by atoms with van der Waals surface area (Å²) in [5, 5.41) is 13.1. The molecule has 4 aliphatic rings. The number of fused-ring (bicyclic) bond motifs is 5. The van der Waals surface area contributed by atoms with Crippen LogP contribution in [0.3, 0.4) is 0 Å². The molecule has 10 atom stereocenters. The van der Waals surface area contributed by atoms with Gasteiger partial charge in [0.05, 0.1) is 11.9 Å². The largest absolute Gasteiger partial charge is 0.393 e. The van der Waals surface area contributed by atoms with Gasteiger partial charge in [0.25, 0.3) is 10.1 Å². The van der Waals surface area contributed by atoms with E-state index in [9.17, 15) is 18.3 Å². The van der Waals surface area contributed by atoms with Crippen molar-refractivity contribution in [3.63, 3.8) is 0 Å². The van der Waals surface area contributed by atoms with Gasteiger partial charge in [0.15, 0.2) is 0 Å². The van der Waals surface area contributed by atoms with Crippen LogP contribution < -0.4 is 5.32 Å². The van der Waals surface area contributed by atoms with Gasteiger partial charge >= 0.3 is 0 Å². The molecule has 0 heterocycles. The van der Waals surface area contributed by atoms with Crippen LogP contribution in [0.15, 0.2) is 0 Å². The van der Waals surface area contributed by atoms with E-state index in [0.717, 1.165) is 43.4 Å². The van der Waals surface area contributed by atoms with Crippen molar-refractivity contribution in [3.8, 4) is 0 Å². The Bertz CT molecular complexity index is 907. The monoisotopic (exact) mass is 511 g/mol. The predicted molar refractivity (Wildman–Crippen MR) is 138 cm³/mol. The number of aliphatic hydroxyl groups excluding tert-OH is 1. The van der Waals surface area contributed by atoms with E-state index in [1.807, 2.05) is 0 Å². The summed E-state index contributed by atoms with van der Waals surface area (Å²) in [6, 6.07) is 0. The lowest BCUT2D eigenvalue weighted by molar-refractivity contribution is -0.190. The fraction of sp³-hybridized carbons (Fsp3) is 0.964. The Hall–Kier alpha value is -0.660. The first kappa shape index (κ1) is 27.4. The maximum Gasteiger partial charge on any atom is 0.266 e. The molecule has 35 heavy (non-hydrogen) atoms. The summed E-state index contributed by atoms with van der Waals surface area (Å²) in [5.74, 6) is 3.48. The molecule has 0 aromatic carbocycles. The van der Waals surface area contributed by atoms with Gasteiger partial charge < -0.3 is 10.4 Å². The van der Waals surface area contributed by atoms with Crippen molar-refractivity contribution in [2.75, 3.05) is 12.3 Å². The van der Waals surface area contributed by atoms with Crippen LogP contribution >= 0.6 is 0 Å². The molecule has 0 unspecified atom stereocenters. The van der Waals surface area contributed by atoms with Crippen molar-refractivity contribution in [1.29, 1.82) is 0 Å². The van der Waals surface area contributed by atoms with Crippen LogP contribution in [0, 0.1) is 51.8 Å². The lowest BCUT2D eigenvalue weighted by Gasteiger charge is -2.67. The molecule has 3 N–H and O–H groups in total. The van der Waals surface area contributed by atoms with Gasteiger partial charge in [-0.2, -0.15) is 8.42 Å². The van der Waals surface area contributed by atoms with Crippen molar-refractivity contribution in [2.24, 2.45) is 51.8 Å². The highest BCUT2D eigenvalue weighted by Gasteiger charge is 2.65. The van der Waals surface area contributed by atoms with Crippen molar-refractivity contribution >= 4 is 16.0 Å². The standard InChI is InChI=1S/C28H49NO5S/c1-18(6-9-24(31)29-14-15-35(32,33)34)21-7-8-22-25-19(2)16-26(3)17-20(30)10-13-28(26,5)23(25)11-12-27(21,22)4/h18-23,25,30H,6-17H2,1-5H3,(H,29,31)(H,32,33,34)/t18-,19+,20-,21-,22+,23+,25+,26-,27-,28-/m1/s1. The molecule has 202 valence electrons. The molecule has 0 aliphatic heterocycles. The molecule has 0 bridgehead atoms. The van der Waals surface area contributed by atoms with Gasteiger partial charge in [0.2, 0.25) is 5.91 Å². The third-order valence-electron chi connectivity index (χ3n) is 11.9. The first-order valence-electron chi connectivity index (χ1n) is 14.1. The zero-order valence-corrected chi connectivity index (χ0v) is 23.4. The Labute approximate surface area is 213 Å². The molecule has 0 saturated heterocycles. The maximum absolute atomic E-state index is 12.3. The van der Waals surface area contributed by atoms with E-state index >= 15 is 0 Å². The highest BCUT2D eigenvalue weighted by atomic mass is 32.2. The molecule has 0 aromatic rings. The Morgan fingerprint density at radius 2 is 1.77 bits per heavy atom. The van der Waals surface area contributed by atoms with E-state index in [2.05, 4.69) is 39.9 Å². The third kappa shape index (κ3) is 4.95. The minimum atomic E-state index is -4.05. The SMILES string of the molecule is C[C@H](CCC(=O)NCCS(=O)(=O)O)[C@H]1CC[C@H]2[C@@H]3[C@@H](C)C[C@]4(C)C[C@H](O)CC[C@]4(C)[C@H]3CC[C@]12C. The minimum Gasteiger partial charge on any atom is -0.393 e. The molecule has 0 spiro atoms. The van der Waals surface area contributed by atoms with Crippen molar-refractivity contribution in [2.45, 2.75) is 105 Å². The zero-order valence-electron chi connectivity index (χ0n) is 22.6. The zero-order chi connectivity index (χ0) is 25.8. The maximum atomic E-state index is 12.3. The average Bonchev–Trinajstić information content (AvgIpc) is 3.09. The number of hydrogen-bond acceptors (Lipinski definition) is 4. The van der Waals surface area contributed by atoms with E-state index < -0.39 is 15.9 Å². The summed E-state index contributed by atoms with van der Waals surface area (Å²) < 4.78 is 30.6. The summed E-state index contributed by atoms with van der Waals surface area (Å²) >= 11 is 0. The molecule has 4 aliphatic carbocycles. The number of rotatable bonds is 7. The highest BCUT2D eigenvalue weighted by Crippen LogP contribution is 2.72. The first-order valence-corrected chi connectivity index (χ1v) is 15.7. The lowest BCUT2D eigenvalue weighted by Crippen LogP contribution is -2.60. The summed E-state index contributed by atoms with van der Waals surface area (Å²) in [6.45, 7) is 12.3. The van der Waals surface area contributed by atoms with E-state index in [0.29, 0.717) is 35.0 Å². The third-order valence-corrected chi connectivity index (χ3v) is 12.6. The molecule has 6 nitrogen and oxygen atoms in total. The van der Waals surface area contributed by atoms with Crippen LogP contribution in [0.1, 0.15) is 98.8 Å². The second-order valence-corrected chi connectivity index (χ2v) is 15.3. The van der Waals surface area contributed by atoms with Gasteiger partial charge in [-0.05, 0) is 110 Å². The molecular formula is C28H49NO5S. The molecule has 0 aromatic heterocycles. The second kappa shape index (κ2) is 9.58. The Morgan fingerprint density at radius 3 is 2.46 bits per heavy atom. The summed E-state index contributed by atoms with van der Waals surface area (Å²) in [5.41, 5.74) is 0.899. The Kier molecular flexibility index (Phi) is 7.49. The fourth-order valence-corrected chi connectivity index (χ4v) is 10.5.